The molecule has 0 spiro atoms. The predicted molar refractivity (Wildman–Crippen MR) is 72.1 cm³/mol. The number of thiophene rings is 1. The van der Waals surface area contributed by atoms with E-state index in [2.05, 4.69) is 0 Å². The Kier molecular flexibility index (Phi) is 2.55. The predicted octanol–water partition coefficient (Wildman–Crippen LogP) is 2.14. The highest BCUT2D eigenvalue weighted by Crippen LogP contribution is 2.43. The van der Waals surface area contributed by atoms with Crippen LogP contribution in [0.2, 0.25) is 0 Å². The second-order valence-electron chi connectivity index (χ2n) is 4.38. The lowest BCUT2D eigenvalue weighted by molar-refractivity contribution is -0.120. The van der Waals surface area contributed by atoms with Gasteiger partial charge < -0.3 is 5.11 Å². The maximum atomic E-state index is 12.5. The molecule has 1 atom stereocenters. The van der Waals surface area contributed by atoms with Gasteiger partial charge in [0.25, 0.3) is 0 Å². The summed E-state index contributed by atoms with van der Waals surface area (Å²) >= 11 is 1.37. The van der Waals surface area contributed by atoms with E-state index in [4.69, 9.17) is 0 Å². The van der Waals surface area contributed by atoms with E-state index in [1.54, 1.807) is 41.1 Å². The molecule has 1 N–H and O–H groups in total. The summed E-state index contributed by atoms with van der Waals surface area (Å²) < 4.78 is 0. The highest BCUT2D eigenvalue weighted by Gasteiger charge is 2.53. The summed E-state index contributed by atoms with van der Waals surface area (Å²) in [5, 5.41) is 14.3. The third-order valence-corrected chi connectivity index (χ3v) is 3.95. The largest absolute Gasteiger partial charge is 0.360 e. The molecule has 19 heavy (non-hydrogen) atoms. The molecular formula is C14H11NO3S. The van der Waals surface area contributed by atoms with Crippen LogP contribution in [-0.2, 0) is 10.5 Å². The van der Waals surface area contributed by atoms with Gasteiger partial charge >= 0.3 is 0 Å². The molecule has 0 radical (unpaired) electrons. The van der Waals surface area contributed by atoms with E-state index < -0.39 is 11.5 Å². The van der Waals surface area contributed by atoms with Crippen molar-refractivity contribution in [1.29, 1.82) is 0 Å². The fourth-order valence-electron chi connectivity index (χ4n) is 2.44. The molecule has 0 fully saturated rings. The number of para-hydroxylation sites is 1. The normalized spacial score (nSPS) is 21.6. The van der Waals surface area contributed by atoms with Gasteiger partial charge in [-0.15, -0.1) is 0 Å². The monoisotopic (exact) mass is 273 g/mol. The summed E-state index contributed by atoms with van der Waals surface area (Å²) in [5.41, 5.74) is -0.677. The van der Waals surface area contributed by atoms with Crippen molar-refractivity contribution in [1.82, 2.24) is 0 Å². The van der Waals surface area contributed by atoms with E-state index in [9.17, 15) is 14.7 Å². The molecule has 1 unspecified atom stereocenters. The maximum absolute atomic E-state index is 12.5. The van der Waals surface area contributed by atoms with Crippen molar-refractivity contribution in [2.75, 3.05) is 4.90 Å². The second kappa shape index (κ2) is 4.01. The van der Waals surface area contributed by atoms with Crippen LogP contribution in [0.25, 0.3) is 0 Å². The number of aliphatic hydroxyl groups is 1. The Labute approximate surface area is 113 Å². The number of carbonyl (C=O) groups excluding carboxylic acids is 2. The van der Waals surface area contributed by atoms with E-state index in [0.717, 1.165) is 4.90 Å². The first-order valence-electron chi connectivity index (χ1n) is 5.76. The molecule has 0 saturated carbocycles. The first-order valence-corrected chi connectivity index (χ1v) is 6.70. The zero-order chi connectivity index (χ0) is 13.6. The molecule has 96 valence electrons. The molecule has 1 aliphatic rings. The molecule has 0 bridgehead atoms. The van der Waals surface area contributed by atoms with Gasteiger partial charge in [-0.1, -0.05) is 12.1 Å². The average molecular weight is 273 g/mol. The van der Waals surface area contributed by atoms with Crippen LogP contribution in [0.3, 0.4) is 0 Å². The number of hydrogen-bond acceptors (Lipinski definition) is 4. The van der Waals surface area contributed by atoms with Crippen LogP contribution in [0.5, 0.6) is 0 Å². The third-order valence-electron chi connectivity index (χ3n) is 3.27. The molecule has 4 nitrogen and oxygen atoms in total. The van der Waals surface area contributed by atoms with Crippen LogP contribution in [0.1, 0.15) is 22.8 Å². The van der Waals surface area contributed by atoms with Crippen LogP contribution in [0.15, 0.2) is 41.1 Å². The number of amides is 1. The number of ketones is 1. The van der Waals surface area contributed by atoms with Gasteiger partial charge in [0.1, 0.15) is 0 Å². The van der Waals surface area contributed by atoms with Gasteiger partial charge in [0, 0.05) is 18.1 Å². The summed E-state index contributed by atoms with van der Waals surface area (Å²) in [4.78, 5) is 25.5. The summed E-state index contributed by atoms with van der Waals surface area (Å²) in [6.45, 7) is 1.34. The summed E-state index contributed by atoms with van der Waals surface area (Å²) in [5.74, 6) is -0.830. The van der Waals surface area contributed by atoms with Gasteiger partial charge in [0.2, 0.25) is 17.4 Å². The highest BCUT2D eigenvalue weighted by molar-refractivity contribution is 7.08. The Morgan fingerprint density at radius 3 is 2.68 bits per heavy atom. The maximum Gasteiger partial charge on any atom is 0.237 e. The van der Waals surface area contributed by atoms with Crippen LogP contribution >= 0.6 is 11.3 Å². The van der Waals surface area contributed by atoms with Crippen LogP contribution in [0, 0.1) is 0 Å². The van der Waals surface area contributed by atoms with Crippen molar-refractivity contribution in [2.45, 2.75) is 12.6 Å². The van der Waals surface area contributed by atoms with E-state index in [1.165, 1.54) is 18.3 Å². The van der Waals surface area contributed by atoms with Crippen molar-refractivity contribution >= 4 is 28.7 Å². The Bertz CT molecular complexity index is 665. The molecule has 1 amide bonds. The van der Waals surface area contributed by atoms with E-state index >= 15 is 0 Å². The van der Waals surface area contributed by atoms with Crippen molar-refractivity contribution in [3.8, 4) is 0 Å². The van der Waals surface area contributed by atoms with Gasteiger partial charge in [-0.2, -0.15) is 11.3 Å². The number of nitrogens with zero attached hydrogens (tertiary/aromatic N) is 1. The van der Waals surface area contributed by atoms with Crippen LogP contribution in [0.4, 0.5) is 5.69 Å². The quantitative estimate of drug-likeness (QED) is 0.866. The van der Waals surface area contributed by atoms with Crippen LogP contribution < -0.4 is 4.90 Å². The molecule has 2 heterocycles. The van der Waals surface area contributed by atoms with Gasteiger partial charge in [-0.3, -0.25) is 14.5 Å². The number of rotatable bonds is 1. The molecule has 0 aliphatic carbocycles. The minimum absolute atomic E-state index is 0.367. The Morgan fingerprint density at radius 2 is 2.05 bits per heavy atom. The molecule has 1 aromatic heterocycles. The first kappa shape index (κ1) is 12.1. The molecule has 3 rings (SSSR count). The minimum Gasteiger partial charge on any atom is -0.360 e. The van der Waals surface area contributed by atoms with E-state index in [1.807, 2.05) is 0 Å². The average Bonchev–Trinajstić information content (AvgIpc) is 2.98. The van der Waals surface area contributed by atoms with Gasteiger partial charge in [0.05, 0.1) is 5.69 Å². The number of anilines is 1. The molecule has 0 saturated heterocycles. The lowest BCUT2D eigenvalue weighted by atomic mass is 9.99. The van der Waals surface area contributed by atoms with Crippen molar-refractivity contribution in [3.05, 3.63) is 52.2 Å². The van der Waals surface area contributed by atoms with Gasteiger partial charge in [0.15, 0.2) is 0 Å². The van der Waals surface area contributed by atoms with Crippen molar-refractivity contribution in [2.24, 2.45) is 0 Å². The van der Waals surface area contributed by atoms with E-state index in [0.29, 0.717) is 16.8 Å². The summed E-state index contributed by atoms with van der Waals surface area (Å²) in [7, 11) is 0. The molecule has 1 aliphatic heterocycles. The molecule has 2 aromatic rings. The number of Topliss-reactive ketones (excluding diaryl/α,β-unsaturated/α-hetero) is 1. The highest BCUT2D eigenvalue weighted by atomic mass is 32.1. The SMILES string of the molecule is CC(=O)N1c2ccccc2C(=O)C1(O)c1ccsc1. The molecule has 5 heteroatoms. The Balaban J connectivity index is 2.27. The van der Waals surface area contributed by atoms with Crippen molar-refractivity contribution < 1.29 is 14.7 Å². The topological polar surface area (TPSA) is 57.6 Å². The van der Waals surface area contributed by atoms with Gasteiger partial charge in [-0.05, 0) is 29.0 Å². The number of fused-ring (bicyclic) bond motifs is 1. The Hall–Kier alpha value is -1.98. The Morgan fingerprint density at radius 1 is 1.32 bits per heavy atom. The number of carbonyl (C=O) groups is 2. The van der Waals surface area contributed by atoms with E-state index in [-0.39, 0.29) is 5.91 Å². The molecular weight excluding hydrogens is 262 g/mol. The smallest absolute Gasteiger partial charge is 0.237 e. The third kappa shape index (κ3) is 1.49. The fourth-order valence-corrected chi connectivity index (χ4v) is 3.14. The van der Waals surface area contributed by atoms with Crippen LogP contribution in [-0.4, -0.2) is 16.8 Å². The second-order valence-corrected chi connectivity index (χ2v) is 5.16. The zero-order valence-electron chi connectivity index (χ0n) is 10.2. The lowest BCUT2D eigenvalue weighted by Crippen LogP contribution is -2.49. The van der Waals surface area contributed by atoms with Gasteiger partial charge in [-0.25, -0.2) is 0 Å². The van der Waals surface area contributed by atoms with Crippen molar-refractivity contribution in [3.63, 3.8) is 0 Å². The number of benzene rings is 1. The fraction of sp³-hybridized carbons (Fsp3) is 0.143. The summed E-state index contributed by atoms with van der Waals surface area (Å²) in [6.07, 6.45) is 0. The number of hydrogen-bond donors (Lipinski definition) is 1. The summed E-state index contributed by atoms with van der Waals surface area (Å²) in [6, 6.07) is 8.40. The molecule has 1 aromatic carbocycles. The lowest BCUT2D eigenvalue weighted by Gasteiger charge is -2.31. The standard InChI is InChI=1S/C14H11NO3S/c1-9(16)15-12-5-3-2-4-11(12)13(17)14(15,18)10-6-7-19-8-10/h2-8,18H,1H3. The minimum atomic E-state index is -1.92. The zero-order valence-corrected chi connectivity index (χ0v) is 11.0. The first-order chi connectivity index (χ1) is 9.06.